The molecule has 0 aliphatic carbocycles. The molecule has 1 amide bonds. The molecule has 182 valence electrons. The van der Waals surface area contributed by atoms with Gasteiger partial charge in [-0.05, 0) is 47.9 Å². The zero-order valence-corrected chi connectivity index (χ0v) is 20.3. The van der Waals surface area contributed by atoms with Gasteiger partial charge in [-0.2, -0.15) is 0 Å². The van der Waals surface area contributed by atoms with E-state index in [-0.39, 0.29) is 5.91 Å². The van der Waals surface area contributed by atoms with Gasteiger partial charge in [0.2, 0.25) is 11.9 Å². The van der Waals surface area contributed by atoms with Crippen molar-refractivity contribution in [3.05, 3.63) is 85.1 Å². The van der Waals surface area contributed by atoms with Gasteiger partial charge in [-0.3, -0.25) is 4.79 Å². The number of hydrogen-bond donors (Lipinski definition) is 2. The van der Waals surface area contributed by atoms with E-state index < -0.39 is 0 Å². The fourth-order valence-electron chi connectivity index (χ4n) is 4.54. The number of amides is 1. The Labute approximate surface area is 210 Å². The second-order valence-corrected chi connectivity index (χ2v) is 8.60. The van der Waals surface area contributed by atoms with Crippen LogP contribution in [0.4, 0.5) is 23.0 Å². The van der Waals surface area contributed by atoms with Gasteiger partial charge < -0.3 is 20.3 Å². The van der Waals surface area contributed by atoms with Crippen molar-refractivity contribution in [2.45, 2.75) is 13.3 Å². The molecule has 0 radical (unpaired) electrons. The number of benzene rings is 3. The monoisotopic (exact) mass is 479 g/mol. The van der Waals surface area contributed by atoms with Gasteiger partial charge in [0.25, 0.3) is 0 Å². The van der Waals surface area contributed by atoms with Gasteiger partial charge in [-0.15, -0.1) is 0 Å². The zero-order valence-electron chi connectivity index (χ0n) is 20.3. The molecule has 5 rings (SSSR count). The van der Waals surface area contributed by atoms with Gasteiger partial charge in [0, 0.05) is 35.9 Å². The fraction of sp³-hybridized carbons (Fsp3) is 0.207. The average molecular weight is 480 g/mol. The predicted molar refractivity (Wildman–Crippen MR) is 146 cm³/mol. The highest BCUT2D eigenvalue weighted by molar-refractivity contribution is 6.00. The number of carbonyl (C=O) groups is 1. The Morgan fingerprint density at radius 3 is 2.75 bits per heavy atom. The molecule has 7 nitrogen and oxygen atoms in total. The molecule has 2 N–H and O–H groups in total. The average Bonchev–Trinajstić information content (AvgIpc) is 2.93. The Balaban J connectivity index is 1.56. The summed E-state index contributed by atoms with van der Waals surface area (Å²) in [6.45, 7) is 8.80. The molecule has 0 saturated carbocycles. The number of nitrogens with zero attached hydrogens (tertiary/aromatic N) is 3. The molecule has 0 unspecified atom stereocenters. The second-order valence-electron chi connectivity index (χ2n) is 8.60. The third-order valence-electron chi connectivity index (χ3n) is 6.33. The van der Waals surface area contributed by atoms with Gasteiger partial charge in [-0.25, -0.2) is 9.97 Å². The Morgan fingerprint density at radius 2 is 1.94 bits per heavy atom. The van der Waals surface area contributed by atoms with Crippen LogP contribution in [0.25, 0.3) is 22.0 Å². The number of fused-ring (bicyclic) bond motifs is 1. The van der Waals surface area contributed by atoms with Crippen molar-refractivity contribution >= 4 is 39.8 Å². The lowest BCUT2D eigenvalue weighted by Gasteiger charge is -2.30. The SMILES string of the molecule is C=CC(=O)Nc1cccc(-c2c(CC)ccc3cnc(Nc4ccccc4N4CCOCC4)nc23)c1. The van der Waals surface area contributed by atoms with Gasteiger partial charge in [0.05, 0.1) is 30.1 Å². The molecule has 1 aliphatic rings. The number of aryl methyl sites for hydroxylation is 1. The standard InChI is InChI=1S/C29H29N5O2/c1-3-20-12-13-22-19-30-29(32-24-10-5-6-11-25(24)34-14-16-36-17-15-34)33-28(22)27(20)21-8-7-9-23(18-21)31-26(35)4-2/h4-13,18-19H,2-3,14-17H2,1H3,(H,31,35)(H,30,32,33). The zero-order chi connectivity index (χ0) is 24.9. The number of hydrogen-bond acceptors (Lipinski definition) is 6. The Bertz CT molecular complexity index is 1410. The van der Waals surface area contributed by atoms with Crippen molar-refractivity contribution in [1.29, 1.82) is 0 Å². The predicted octanol–water partition coefficient (Wildman–Crippen LogP) is 5.56. The van der Waals surface area contributed by atoms with E-state index in [1.165, 1.54) is 11.6 Å². The van der Waals surface area contributed by atoms with E-state index in [2.05, 4.69) is 52.2 Å². The van der Waals surface area contributed by atoms with Crippen LogP contribution in [0, 0.1) is 0 Å². The molecule has 1 aromatic heterocycles. The first-order valence-corrected chi connectivity index (χ1v) is 12.2. The summed E-state index contributed by atoms with van der Waals surface area (Å²) in [5, 5.41) is 7.26. The summed E-state index contributed by atoms with van der Waals surface area (Å²) in [6, 6.07) is 20.2. The van der Waals surface area contributed by atoms with Crippen LogP contribution in [0.2, 0.25) is 0 Å². The molecule has 2 heterocycles. The summed E-state index contributed by atoms with van der Waals surface area (Å²) >= 11 is 0. The summed E-state index contributed by atoms with van der Waals surface area (Å²) in [4.78, 5) is 23.8. The summed E-state index contributed by atoms with van der Waals surface area (Å²) < 4.78 is 5.53. The molecule has 0 spiro atoms. The topological polar surface area (TPSA) is 79.4 Å². The number of rotatable bonds is 7. The summed E-state index contributed by atoms with van der Waals surface area (Å²) in [7, 11) is 0. The minimum absolute atomic E-state index is 0.242. The van der Waals surface area contributed by atoms with Gasteiger partial charge in [0.15, 0.2) is 0 Å². The van der Waals surface area contributed by atoms with Crippen LogP contribution in [0.1, 0.15) is 12.5 Å². The second kappa shape index (κ2) is 10.6. The normalized spacial score (nSPS) is 13.4. The number of carbonyl (C=O) groups excluding carboxylic acids is 1. The van der Waals surface area contributed by atoms with E-state index in [0.29, 0.717) is 11.6 Å². The lowest BCUT2D eigenvalue weighted by Crippen LogP contribution is -2.36. The maximum Gasteiger partial charge on any atom is 0.247 e. The maximum absolute atomic E-state index is 11.9. The molecule has 4 aromatic rings. The van der Waals surface area contributed by atoms with E-state index >= 15 is 0 Å². The third-order valence-corrected chi connectivity index (χ3v) is 6.33. The number of aromatic nitrogens is 2. The Kier molecular flexibility index (Phi) is 6.91. The van der Waals surface area contributed by atoms with Crippen LogP contribution in [0.5, 0.6) is 0 Å². The molecule has 1 fully saturated rings. The van der Waals surface area contributed by atoms with Crippen molar-refractivity contribution in [2.24, 2.45) is 0 Å². The van der Waals surface area contributed by atoms with Crippen molar-refractivity contribution in [3.8, 4) is 11.1 Å². The Morgan fingerprint density at radius 1 is 1.11 bits per heavy atom. The quantitative estimate of drug-likeness (QED) is 0.338. The minimum Gasteiger partial charge on any atom is -0.378 e. The van der Waals surface area contributed by atoms with Crippen molar-refractivity contribution in [3.63, 3.8) is 0 Å². The molecular weight excluding hydrogens is 450 g/mol. The lowest BCUT2D eigenvalue weighted by molar-refractivity contribution is -0.111. The minimum atomic E-state index is -0.242. The number of nitrogens with one attached hydrogen (secondary N) is 2. The van der Waals surface area contributed by atoms with Crippen LogP contribution in [-0.2, 0) is 16.0 Å². The highest BCUT2D eigenvalue weighted by Gasteiger charge is 2.17. The van der Waals surface area contributed by atoms with Crippen LogP contribution >= 0.6 is 0 Å². The fourth-order valence-corrected chi connectivity index (χ4v) is 4.54. The highest BCUT2D eigenvalue weighted by atomic mass is 16.5. The van der Waals surface area contributed by atoms with E-state index in [0.717, 1.165) is 66.1 Å². The number of ether oxygens (including phenoxy) is 1. The molecule has 1 saturated heterocycles. The van der Waals surface area contributed by atoms with Crippen LogP contribution in [0.15, 0.2) is 79.5 Å². The third kappa shape index (κ3) is 4.92. The van der Waals surface area contributed by atoms with Gasteiger partial charge >= 0.3 is 0 Å². The summed E-state index contributed by atoms with van der Waals surface area (Å²) in [6.07, 6.45) is 3.97. The van der Waals surface area contributed by atoms with E-state index in [1.807, 2.05) is 48.7 Å². The number of morpholine rings is 1. The number of para-hydroxylation sites is 2. The first kappa shape index (κ1) is 23.5. The van der Waals surface area contributed by atoms with Crippen molar-refractivity contribution in [1.82, 2.24) is 9.97 Å². The van der Waals surface area contributed by atoms with Crippen molar-refractivity contribution in [2.75, 3.05) is 41.8 Å². The number of anilines is 4. The molecule has 0 atom stereocenters. The van der Waals surface area contributed by atoms with Gasteiger partial charge in [0.1, 0.15) is 0 Å². The van der Waals surface area contributed by atoms with E-state index in [4.69, 9.17) is 9.72 Å². The molecule has 3 aromatic carbocycles. The highest BCUT2D eigenvalue weighted by Crippen LogP contribution is 2.34. The molecular formula is C29H29N5O2. The van der Waals surface area contributed by atoms with Crippen molar-refractivity contribution < 1.29 is 9.53 Å². The van der Waals surface area contributed by atoms with Crippen LogP contribution in [-0.4, -0.2) is 42.2 Å². The van der Waals surface area contributed by atoms with E-state index in [9.17, 15) is 4.79 Å². The van der Waals surface area contributed by atoms with Gasteiger partial charge in [-0.1, -0.05) is 49.9 Å². The maximum atomic E-state index is 11.9. The van der Waals surface area contributed by atoms with Crippen LogP contribution in [0.3, 0.4) is 0 Å². The summed E-state index contributed by atoms with van der Waals surface area (Å²) in [5.41, 5.74) is 6.84. The molecule has 36 heavy (non-hydrogen) atoms. The largest absolute Gasteiger partial charge is 0.378 e. The molecule has 7 heteroatoms. The summed E-state index contributed by atoms with van der Waals surface area (Å²) in [5.74, 6) is 0.294. The van der Waals surface area contributed by atoms with E-state index in [1.54, 1.807) is 0 Å². The van der Waals surface area contributed by atoms with Crippen LogP contribution < -0.4 is 15.5 Å². The first-order valence-electron chi connectivity index (χ1n) is 12.2. The molecule has 1 aliphatic heterocycles. The smallest absolute Gasteiger partial charge is 0.247 e. The lowest BCUT2D eigenvalue weighted by atomic mass is 9.95. The Hall–Kier alpha value is -4.23. The first-order chi connectivity index (χ1) is 17.7. The molecule has 0 bridgehead atoms.